The predicted octanol–water partition coefficient (Wildman–Crippen LogP) is 4.96. The van der Waals surface area contributed by atoms with Gasteiger partial charge in [0.15, 0.2) is 4.96 Å². The molecule has 132 valence electrons. The molecule has 4 nitrogen and oxygen atoms in total. The van der Waals surface area contributed by atoms with Crippen LogP contribution in [0.3, 0.4) is 0 Å². The second-order valence-electron chi connectivity index (χ2n) is 6.26. The van der Waals surface area contributed by atoms with Gasteiger partial charge < -0.3 is 0 Å². The van der Waals surface area contributed by atoms with E-state index in [1.165, 1.54) is 5.69 Å². The lowest BCUT2D eigenvalue weighted by Crippen LogP contribution is -2.24. The maximum Gasteiger partial charge on any atom is 0.194 e. The van der Waals surface area contributed by atoms with E-state index in [1.54, 1.807) is 11.3 Å². The maximum absolute atomic E-state index is 6.40. The summed E-state index contributed by atoms with van der Waals surface area (Å²) in [6.45, 7) is 4.37. The van der Waals surface area contributed by atoms with Crippen LogP contribution in [0.1, 0.15) is 22.6 Å². The van der Waals surface area contributed by atoms with Gasteiger partial charge >= 0.3 is 0 Å². The summed E-state index contributed by atoms with van der Waals surface area (Å²) in [7, 11) is 0. The zero-order chi connectivity index (χ0) is 17.9. The van der Waals surface area contributed by atoms with E-state index in [-0.39, 0.29) is 0 Å². The highest BCUT2D eigenvalue weighted by atomic mass is 35.5. The minimum absolute atomic E-state index is 0.753. The molecule has 26 heavy (non-hydrogen) atoms. The normalized spacial score (nSPS) is 11.5. The number of benzene rings is 1. The van der Waals surface area contributed by atoms with Crippen molar-refractivity contribution < 1.29 is 0 Å². The number of hydrogen-bond acceptors (Lipinski definition) is 4. The molecule has 0 amide bonds. The van der Waals surface area contributed by atoms with Crippen LogP contribution < -0.4 is 0 Å². The molecular weight excluding hydrogens is 364 g/mol. The molecule has 4 rings (SSSR count). The van der Waals surface area contributed by atoms with Gasteiger partial charge in [0.1, 0.15) is 0 Å². The number of hydrogen-bond donors (Lipinski definition) is 0. The molecule has 0 aliphatic heterocycles. The van der Waals surface area contributed by atoms with Crippen LogP contribution in [0.5, 0.6) is 0 Å². The Bertz CT molecular complexity index is 1010. The highest BCUT2D eigenvalue weighted by molar-refractivity contribution is 7.15. The van der Waals surface area contributed by atoms with E-state index in [1.807, 2.05) is 36.5 Å². The second kappa shape index (κ2) is 7.58. The summed E-state index contributed by atoms with van der Waals surface area (Å²) in [5.74, 6) is 0. The summed E-state index contributed by atoms with van der Waals surface area (Å²) >= 11 is 8.06. The third-order valence-electron chi connectivity index (χ3n) is 4.40. The predicted molar refractivity (Wildman–Crippen MR) is 106 cm³/mol. The third-order valence-corrected chi connectivity index (χ3v) is 5.52. The summed E-state index contributed by atoms with van der Waals surface area (Å²) in [4.78, 5) is 12.6. The number of imidazole rings is 1. The van der Waals surface area contributed by atoms with Gasteiger partial charge in [-0.05, 0) is 30.7 Å². The van der Waals surface area contributed by atoms with Crippen molar-refractivity contribution in [1.29, 1.82) is 0 Å². The van der Waals surface area contributed by atoms with E-state index < -0.39 is 0 Å². The molecule has 3 heterocycles. The van der Waals surface area contributed by atoms with Gasteiger partial charge in [-0.2, -0.15) is 0 Å². The van der Waals surface area contributed by atoms with E-state index in [9.17, 15) is 0 Å². The summed E-state index contributed by atoms with van der Waals surface area (Å²) in [5, 5.41) is 2.87. The van der Waals surface area contributed by atoms with Crippen molar-refractivity contribution in [2.45, 2.75) is 26.6 Å². The van der Waals surface area contributed by atoms with Crippen molar-refractivity contribution in [3.05, 3.63) is 87.9 Å². The molecule has 0 aliphatic carbocycles. The second-order valence-corrected chi connectivity index (χ2v) is 7.54. The van der Waals surface area contributed by atoms with Gasteiger partial charge in [0.25, 0.3) is 0 Å². The Kier molecular flexibility index (Phi) is 5.02. The molecule has 6 heteroatoms. The lowest BCUT2D eigenvalue weighted by molar-refractivity contribution is 0.240. The highest BCUT2D eigenvalue weighted by Crippen LogP contribution is 2.22. The van der Waals surface area contributed by atoms with Crippen LogP contribution in [0.4, 0.5) is 0 Å². The first-order valence-electron chi connectivity index (χ1n) is 8.47. The van der Waals surface area contributed by atoms with Gasteiger partial charge in [0, 0.05) is 42.4 Å². The minimum atomic E-state index is 0.753. The Hall–Kier alpha value is -2.21. The number of aromatic nitrogens is 3. The quantitative estimate of drug-likeness (QED) is 0.472. The molecule has 0 bridgehead atoms. The first kappa shape index (κ1) is 17.2. The topological polar surface area (TPSA) is 33.4 Å². The Morgan fingerprint density at radius 2 is 1.92 bits per heavy atom. The average molecular weight is 383 g/mol. The first-order valence-corrected chi connectivity index (χ1v) is 9.73. The van der Waals surface area contributed by atoms with Crippen LogP contribution >= 0.6 is 22.9 Å². The van der Waals surface area contributed by atoms with E-state index >= 15 is 0 Å². The monoisotopic (exact) mass is 382 g/mol. The van der Waals surface area contributed by atoms with Crippen LogP contribution in [-0.4, -0.2) is 19.3 Å². The van der Waals surface area contributed by atoms with E-state index in [4.69, 9.17) is 11.6 Å². The number of thiazole rings is 1. The van der Waals surface area contributed by atoms with Crippen molar-refractivity contribution in [1.82, 2.24) is 19.3 Å². The van der Waals surface area contributed by atoms with Crippen molar-refractivity contribution in [3.63, 3.8) is 0 Å². The molecule has 0 aliphatic rings. The number of aryl methyl sites for hydroxylation is 1. The van der Waals surface area contributed by atoms with Crippen LogP contribution in [-0.2, 0) is 19.6 Å². The van der Waals surface area contributed by atoms with Crippen molar-refractivity contribution in [2.75, 3.05) is 0 Å². The Balaban J connectivity index is 1.64. The average Bonchev–Trinajstić information content (AvgIpc) is 3.20. The molecule has 0 fully saturated rings. The van der Waals surface area contributed by atoms with Gasteiger partial charge in [-0.1, -0.05) is 35.9 Å². The van der Waals surface area contributed by atoms with Crippen LogP contribution in [0.25, 0.3) is 4.96 Å². The van der Waals surface area contributed by atoms with Gasteiger partial charge in [-0.25, -0.2) is 4.98 Å². The van der Waals surface area contributed by atoms with Crippen molar-refractivity contribution >= 4 is 27.9 Å². The molecule has 4 aromatic rings. The number of pyridine rings is 1. The molecule has 0 spiro atoms. The van der Waals surface area contributed by atoms with E-state index in [0.29, 0.717) is 0 Å². The Morgan fingerprint density at radius 3 is 2.73 bits per heavy atom. The Morgan fingerprint density at radius 1 is 1.08 bits per heavy atom. The fourth-order valence-electron chi connectivity index (χ4n) is 3.10. The van der Waals surface area contributed by atoms with Crippen LogP contribution in [0.15, 0.2) is 60.2 Å². The largest absolute Gasteiger partial charge is 0.293 e. The molecule has 0 unspecified atom stereocenters. The maximum atomic E-state index is 6.40. The molecule has 0 saturated carbocycles. The summed E-state index contributed by atoms with van der Waals surface area (Å²) < 4.78 is 2.18. The highest BCUT2D eigenvalue weighted by Gasteiger charge is 2.16. The molecule has 3 aromatic heterocycles. The molecule has 0 saturated heterocycles. The zero-order valence-corrected chi connectivity index (χ0v) is 16.0. The lowest BCUT2D eigenvalue weighted by Gasteiger charge is -2.22. The summed E-state index contributed by atoms with van der Waals surface area (Å²) in [6, 6.07) is 14.0. The van der Waals surface area contributed by atoms with Gasteiger partial charge in [0.2, 0.25) is 0 Å². The molecule has 0 atom stereocenters. The number of nitrogens with zero attached hydrogens (tertiary/aromatic N) is 4. The van der Waals surface area contributed by atoms with Crippen LogP contribution in [0.2, 0.25) is 5.02 Å². The fourth-order valence-corrected chi connectivity index (χ4v) is 4.07. The first-order chi connectivity index (χ1) is 12.7. The lowest BCUT2D eigenvalue weighted by atomic mass is 10.2. The molecule has 1 aromatic carbocycles. The number of fused-ring (bicyclic) bond motifs is 1. The van der Waals surface area contributed by atoms with Gasteiger partial charge in [-0.15, -0.1) is 11.3 Å². The van der Waals surface area contributed by atoms with Crippen molar-refractivity contribution in [2.24, 2.45) is 0 Å². The minimum Gasteiger partial charge on any atom is -0.293 e. The molecular formula is C20H19ClN4S. The van der Waals surface area contributed by atoms with Gasteiger partial charge in [0.05, 0.1) is 17.1 Å². The Labute approximate surface area is 161 Å². The SMILES string of the molecule is Cc1nc2sccn2c1CN(Cc1ccccn1)Cc1ccccc1Cl. The van der Waals surface area contributed by atoms with E-state index in [0.717, 1.165) is 46.6 Å². The van der Waals surface area contributed by atoms with Crippen LogP contribution in [0, 0.1) is 6.92 Å². The summed E-state index contributed by atoms with van der Waals surface area (Å²) in [6.07, 6.45) is 3.92. The summed E-state index contributed by atoms with van der Waals surface area (Å²) in [5.41, 5.74) is 4.45. The van der Waals surface area contributed by atoms with Crippen molar-refractivity contribution in [3.8, 4) is 0 Å². The zero-order valence-electron chi connectivity index (χ0n) is 14.5. The van der Waals surface area contributed by atoms with Gasteiger partial charge in [-0.3, -0.25) is 14.3 Å². The smallest absolute Gasteiger partial charge is 0.194 e. The standard InChI is InChI=1S/C20H19ClN4S/c1-15-19(25-10-11-26-20(25)23-15)14-24(13-17-7-4-5-9-22-17)12-16-6-2-3-8-18(16)21/h2-11H,12-14H2,1H3. The van der Waals surface area contributed by atoms with E-state index in [2.05, 4.69) is 49.9 Å². The number of halogens is 1. The fraction of sp³-hybridized carbons (Fsp3) is 0.200. The number of rotatable bonds is 6. The molecule has 0 N–H and O–H groups in total. The molecule has 0 radical (unpaired) electrons. The third kappa shape index (κ3) is 3.65.